The van der Waals surface area contributed by atoms with E-state index in [1.54, 1.807) is 0 Å². The number of para-hydroxylation sites is 2. The number of carbonyl (C=O) groups excluding carboxylic acids is 2. The number of amides is 2. The van der Waals surface area contributed by atoms with Crippen molar-refractivity contribution in [3.63, 3.8) is 0 Å². The Morgan fingerprint density at radius 3 is 2.62 bits per heavy atom. The number of hydrazone groups is 1. The fraction of sp³-hybridized carbons (Fsp3) is 0.111. The van der Waals surface area contributed by atoms with Crippen LogP contribution in [0.25, 0.3) is 11.0 Å². The molecule has 3 aromatic rings. The Morgan fingerprint density at radius 1 is 1.08 bits per heavy atom. The molecule has 2 aromatic carbocycles. The fourth-order valence-electron chi connectivity index (χ4n) is 2.54. The van der Waals surface area contributed by atoms with Gasteiger partial charge in [0.15, 0.2) is 5.16 Å². The standard InChI is InChI=1S/C18H15N5O2S/c24-16-10-9-15(22-23-16)17(25)19-11-5-7-12(8-6-11)26-18-20-13-3-1-2-4-14(13)21-18/h1-8H,9-10H2,(H,19,25)(H,20,21)(H,23,24). The van der Waals surface area contributed by atoms with Crippen LogP contribution in [-0.4, -0.2) is 27.5 Å². The predicted octanol–water partition coefficient (Wildman–Crippen LogP) is 2.92. The molecule has 1 aliphatic rings. The molecule has 0 saturated heterocycles. The number of hydrogen-bond acceptors (Lipinski definition) is 5. The Balaban J connectivity index is 1.41. The Morgan fingerprint density at radius 2 is 1.88 bits per heavy atom. The van der Waals surface area contributed by atoms with Crippen LogP contribution in [0.5, 0.6) is 0 Å². The SMILES string of the molecule is O=C1CCC(C(=O)Nc2ccc(Sc3nc4ccccc4[nH]3)cc2)=NN1. The van der Waals surface area contributed by atoms with Gasteiger partial charge in [0.25, 0.3) is 5.91 Å². The lowest BCUT2D eigenvalue weighted by atomic mass is 10.1. The van der Waals surface area contributed by atoms with Crippen LogP contribution in [0.2, 0.25) is 0 Å². The van der Waals surface area contributed by atoms with Gasteiger partial charge < -0.3 is 10.3 Å². The van der Waals surface area contributed by atoms with Gasteiger partial charge in [-0.1, -0.05) is 23.9 Å². The van der Waals surface area contributed by atoms with Gasteiger partial charge in [-0.05, 0) is 36.4 Å². The number of nitrogens with one attached hydrogen (secondary N) is 3. The predicted molar refractivity (Wildman–Crippen MR) is 100 cm³/mol. The highest BCUT2D eigenvalue weighted by Crippen LogP contribution is 2.28. The van der Waals surface area contributed by atoms with Crippen molar-refractivity contribution in [1.29, 1.82) is 0 Å². The minimum Gasteiger partial charge on any atom is -0.333 e. The molecule has 0 unspecified atom stereocenters. The van der Waals surface area contributed by atoms with Crippen LogP contribution in [0.1, 0.15) is 12.8 Å². The number of carbonyl (C=O) groups is 2. The minimum atomic E-state index is -0.303. The summed E-state index contributed by atoms with van der Waals surface area (Å²) in [6.07, 6.45) is 0.622. The summed E-state index contributed by atoms with van der Waals surface area (Å²) in [7, 11) is 0. The highest BCUT2D eigenvalue weighted by atomic mass is 32.2. The first kappa shape index (κ1) is 16.3. The number of aromatic nitrogens is 2. The van der Waals surface area contributed by atoms with Crippen molar-refractivity contribution in [1.82, 2.24) is 15.4 Å². The van der Waals surface area contributed by atoms with E-state index in [0.717, 1.165) is 21.1 Å². The van der Waals surface area contributed by atoms with E-state index in [2.05, 4.69) is 25.8 Å². The normalized spacial score (nSPS) is 14.0. The van der Waals surface area contributed by atoms with Crippen molar-refractivity contribution in [3.05, 3.63) is 48.5 Å². The lowest BCUT2D eigenvalue weighted by Gasteiger charge is -2.12. The maximum Gasteiger partial charge on any atom is 0.271 e. The van der Waals surface area contributed by atoms with Crippen molar-refractivity contribution >= 4 is 46.0 Å². The molecule has 130 valence electrons. The minimum absolute atomic E-state index is 0.173. The summed E-state index contributed by atoms with van der Waals surface area (Å²) in [5, 5.41) is 7.39. The molecule has 0 bridgehead atoms. The summed E-state index contributed by atoms with van der Waals surface area (Å²) >= 11 is 1.52. The number of imidazole rings is 1. The molecule has 0 spiro atoms. The van der Waals surface area contributed by atoms with E-state index in [1.807, 2.05) is 48.5 Å². The van der Waals surface area contributed by atoms with Crippen molar-refractivity contribution in [2.45, 2.75) is 22.9 Å². The molecule has 1 aliphatic heterocycles. The zero-order chi connectivity index (χ0) is 17.9. The number of benzene rings is 2. The monoisotopic (exact) mass is 365 g/mol. The molecule has 0 aliphatic carbocycles. The van der Waals surface area contributed by atoms with Gasteiger partial charge in [0.05, 0.1) is 11.0 Å². The van der Waals surface area contributed by atoms with Gasteiger partial charge in [0.2, 0.25) is 5.91 Å². The zero-order valence-electron chi connectivity index (χ0n) is 13.7. The Bertz CT molecular complexity index is 977. The van der Waals surface area contributed by atoms with Gasteiger partial charge >= 0.3 is 0 Å². The average Bonchev–Trinajstić information content (AvgIpc) is 3.06. The van der Waals surface area contributed by atoms with Crippen LogP contribution >= 0.6 is 11.8 Å². The van der Waals surface area contributed by atoms with Gasteiger partial charge in [0.1, 0.15) is 5.71 Å². The molecule has 2 amide bonds. The van der Waals surface area contributed by atoms with E-state index in [-0.39, 0.29) is 18.2 Å². The molecular weight excluding hydrogens is 350 g/mol. The largest absolute Gasteiger partial charge is 0.333 e. The van der Waals surface area contributed by atoms with Gasteiger partial charge in [-0.3, -0.25) is 9.59 Å². The Hall–Kier alpha value is -3.13. The number of nitrogens with zero attached hydrogens (tertiary/aromatic N) is 2. The van der Waals surface area contributed by atoms with Gasteiger partial charge in [-0.2, -0.15) is 5.10 Å². The van der Waals surface area contributed by atoms with Crippen LogP contribution in [0.3, 0.4) is 0 Å². The Kier molecular flexibility index (Phi) is 4.40. The van der Waals surface area contributed by atoms with Crippen LogP contribution in [-0.2, 0) is 9.59 Å². The number of aromatic amines is 1. The third-order valence-electron chi connectivity index (χ3n) is 3.86. The molecule has 0 radical (unpaired) electrons. The van der Waals surface area contributed by atoms with Crippen molar-refractivity contribution in [3.8, 4) is 0 Å². The third kappa shape index (κ3) is 3.60. The smallest absolute Gasteiger partial charge is 0.271 e. The highest BCUT2D eigenvalue weighted by Gasteiger charge is 2.18. The number of H-pyrrole nitrogens is 1. The number of hydrogen-bond donors (Lipinski definition) is 3. The summed E-state index contributed by atoms with van der Waals surface area (Å²) < 4.78 is 0. The molecular formula is C18H15N5O2S. The molecule has 0 atom stereocenters. The highest BCUT2D eigenvalue weighted by molar-refractivity contribution is 7.99. The second-order valence-electron chi connectivity index (χ2n) is 5.73. The maximum atomic E-state index is 12.1. The van der Waals surface area contributed by atoms with E-state index < -0.39 is 0 Å². The molecule has 4 rings (SSSR count). The summed E-state index contributed by atoms with van der Waals surface area (Å²) in [5.41, 5.74) is 5.24. The van der Waals surface area contributed by atoms with Crippen LogP contribution in [0.15, 0.2) is 63.7 Å². The Labute approximate surface area is 153 Å². The average molecular weight is 365 g/mol. The molecule has 8 heteroatoms. The van der Waals surface area contributed by atoms with E-state index >= 15 is 0 Å². The maximum absolute atomic E-state index is 12.1. The van der Waals surface area contributed by atoms with Gasteiger partial charge in [0, 0.05) is 23.4 Å². The fourth-order valence-corrected chi connectivity index (χ4v) is 3.34. The third-order valence-corrected chi connectivity index (χ3v) is 4.76. The zero-order valence-corrected chi connectivity index (χ0v) is 14.5. The van der Waals surface area contributed by atoms with Crippen LogP contribution in [0, 0.1) is 0 Å². The summed E-state index contributed by atoms with van der Waals surface area (Å²) in [4.78, 5) is 32.0. The van der Waals surface area contributed by atoms with Crippen molar-refractivity contribution < 1.29 is 9.59 Å². The number of anilines is 1. The second-order valence-corrected chi connectivity index (χ2v) is 6.80. The van der Waals surface area contributed by atoms with Crippen molar-refractivity contribution in [2.75, 3.05) is 5.32 Å². The molecule has 0 saturated carbocycles. The van der Waals surface area contributed by atoms with E-state index in [0.29, 0.717) is 17.8 Å². The second kappa shape index (κ2) is 7.01. The topological polar surface area (TPSA) is 99.2 Å². The van der Waals surface area contributed by atoms with E-state index in [9.17, 15) is 9.59 Å². The molecule has 3 N–H and O–H groups in total. The van der Waals surface area contributed by atoms with E-state index in [1.165, 1.54) is 11.8 Å². The first-order chi connectivity index (χ1) is 12.7. The van der Waals surface area contributed by atoms with Crippen LogP contribution < -0.4 is 10.7 Å². The summed E-state index contributed by atoms with van der Waals surface area (Å²) in [5.74, 6) is -0.476. The molecule has 7 nitrogen and oxygen atoms in total. The van der Waals surface area contributed by atoms with Crippen molar-refractivity contribution in [2.24, 2.45) is 5.10 Å². The van der Waals surface area contributed by atoms with E-state index in [4.69, 9.17) is 0 Å². The molecule has 26 heavy (non-hydrogen) atoms. The number of rotatable bonds is 4. The number of fused-ring (bicyclic) bond motifs is 1. The van der Waals surface area contributed by atoms with Gasteiger partial charge in [-0.25, -0.2) is 10.4 Å². The quantitative estimate of drug-likeness (QED) is 0.662. The molecule has 1 aromatic heterocycles. The molecule has 0 fully saturated rings. The summed E-state index contributed by atoms with van der Waals surface area (Å²) in [6.45, 7) is 0. The van der Waals surface area contributed by atoms with Gasteiger partial charge in [-0.15, -0.1) is 0 Å². The lowest BCUT2D eigenvalue weighted by Crippen LogP contribution is -2.32. The lowest BCUT2D eigenvalue weighted by molar-refractivity contribution is -0.121. The first-order valence-corrected chi connectivity index (χ1v) is 8.88. The summed E-state index contributed by atoms with van der Waals surface area (Å²) in [6, 6.07) is 15.4. The molecule has 2 heterocycles. The van der Waals surface area contributed by atoms with Crippen LogP contribution in [0.4, 0.5) is 5.69 Å². The first-order valence-electron chi connectivity index (χ1n) is 8.07.